The summed E-state index contributed by atoms with van der Waals surface area (Å²) in [5, 5.41) is 0. The van der Waals surface area contributed by atoms with E-state index in [0.717, 1.165) is 38.3 Å². The standard InChI is InChI=1S/C15H28N2O/c1-3-12-6-8-17(9-7-12)15(18)13-4-5-14(16)11(2)10-13/h11-14H,3-10,16H2,1-2H3. The fraction of sp³-hybridized carbons (Fsp3) is 0.933. The summed E-state index contributed by atoms with van der Waals surface area (Å²) in [5.74, 6) is 2.00. The third-order valence-corrected chi connectivity index (χ3v) is 5.09. The lowest BCUT2D eigenvalue weighted by atomic mass is 9.78. The summed E-state index contributed by atoms with van der Waals surface area (Å²) in [6.07, 6.45) is 6.67. The molecule has 0 bridgehead atoms. The van der Waals surface area contributed by atoms with Gasteiger partial charge in [-0.15, -0.1) is 0 Å². The van der Waals surface area contributed by atoms with Crippen molar-refractivity contribution >= 4 is 5.91 Å². The monoisotopic (exact) mass is 252 g/mol. The summed E-state index contributed by atoms with van der Waals surface area (Å²) in [6, 6.07) is 0.305. The van der Waals surface area contributed by atoms with Crippen LogP contribution in [0.15, 0.2) is 0 Å². The summed E-state index contributed by atoms with van der Waals surface area (Å²) in [7, 11) is 0. The molecule has 3 nitrogen and oxygen atoms in total. The van der Waals surface area contributed by atoms with Crippen molar-refractivity contribution < 1.29 is 4.79 Å². The normalized spacial score (nSPS) is 34.6. The van der Waals surface area contributed by atoms with Gasteiger partial charge in [0.25, 0.3) is 0 Å². The van der Waals surface area contributed by atoms with Crippen LogP contribution in [0.4, 0.5) is 0 Å². The number of piperidine rings is 1. The number of hydrogen-bond donors (Lipinski definition) is 1. The first-order valence-corrected chi connectivity index (χ1v) is 7.66. The van der Waals surface area contributed by atoms with E-state index in [-0.39, 0.29) is 5.92 Å². The Morgan fingerprint density at radius 2 is 1.89 bits per heavy atom. The van der Waals surface area contributed by atoms with Gasteiger partial charge in [-0.3, -0.25) is 4.79 Å². The van der Waals surface area contributed by atoms with E-state index in [9.17, 15) is 4.79 Å². The van der Waals surface area contributed by atoms with Crippen LogP contribution < -0.4 is 5.73 Å². The maximum atomic E-state index is 12.5. The average Bonchev–Trinajstić information content (AvgIpc) is 2.41. The van der Waals surface area contributed by atoms with Crippen molar-refractivity contribution in [2.75, 3.05) is 13.1 Å². The molecule has 18 heavy (non-hydrogen) atoms. The van der Waals surface area contributed by atoms with Gasteiger partial charge >= 0.3 is 0 Å². The Bertz CT molecular complexity index is 284. The molecule has 3 atom stereocenters. The van der Waals surface area contributed by atoms with Gasteiger partial charge in [-0.2, -0.15) is 0 Å². The van der Waals surface area contributed by atoms with Crippen molar-refractivity contribution in [2.45, 2.75) is 58.4 Å². The van der Waals surface area contributed by atoms with Crippen LogP contribution in [0.1, 0.15) is 52.4 Å². The van der Waals surface area contributed by atoms with Crippen LogP contribution in [0.5, 0.6) is 0 Å². The molecule has 2 rings (SSSR count). The molecule has 1 aliphatic heterocycles. The lowest BCUT2D eigenvalue weighted by Gasteiger charge is -2.37. The Hall–Kier alpha value is -0.570. The van der Waals surface area contributed by atoms with Crippen molar-refractivity contribution in [1.29, 1.82) is 0 Å². The molecule has 2 fully saturated rings. The number of nitrogens with zero attached hydrogens (tertiary/aromatic N) is 1. The van der Waals surface area contributed by atoms with E-state index in [1.807, 2.05) is 0 Å². The molecule has 1 aliphatic carbocycles. The molecule has 1 saturated carbocycles. The van der Waals surface area contributed by atoms with Crippen LogP contribution >= 0.6 is 0 Å². The van der Waals surface area contributed by atoms with Crippen LogP contribution in [0.2, 0.25) is 0 Å². The summed E-state index contributed by atoms with van der Waals surface area (Å²) in [5.41, 5.74) is 6.03. The predicted molar refractivity (Wildman–Crippen MR) is 74.1 cm³/mol. The summed E-state index contributed by atoms with van der Waals surface area (Å²) in [4.78, 5) is 14.6. The third-order valence-electron chi connectivity index (χ3n) is 5.09. The van der Waals surface area contributed by atoms with Crippen LogP contribution in [0.25, 0.3) is 0 Å². The highest BCUT2D eigenvalue weighted by Crippen LogP contribution is 2.30. The van der Waals surface area contributed by atoms with Crippen LogP contribution in [-0.2, 0) is 4.79 Å². The van der Waals surface area contributed by atoms with Gasteiger partial charge < -0.3 is 10.6 Å². The van der Waals surface area contributed by atoms with E-state index in [0.29, 0.717) is 17.9 Å². The van der Waals surface area contributed by atoms with E-state index in [2.05, 4.69) is 18.7 Å². The zero-order chi connectivity index (χ0) is 13.1. The first-order valence-electron chi connectivity index (χ1n) is 7.66. The van der Waals surface area contributed by atoms with E-state index in [1.165, 1.54) is 19.3 Å². The van der Waals surface area contributed by atoms with Gasteiger partial charge in [-0.1, -0.05) is 20.3 Å². The molecule has 3 heteroatoms. The first-order chi connectivity index (χ1) is 8.61. The van der Waals surface area contributed by atoms with Crippen molar-refractivity contribution in [3.63, 3.8) is 0 Å². The summed E-state index contributed by atoms with van der Waals surface area (Å²) < 4.78 is 0. The second kappa shape index (κ2) is 6.05. The second-order valence-corrected chi connectivity index (χ2v) is 6.33. The Balaban J connectivity index is 1.84. The zero-order valence-corrected chi connectivity index (χ0v) is 11.9. The molecular formula is C15H28N2O. The summed E-state index contributed by atoms with van der Waals surface area (Å²) in [6.45, 7) is 6.41. The minimum absolute atomic E-state index is 0.248. The largest absolute Gasteiger partial charge is 0.342 e. The number of rotatable bonds is 2. The fourth-order valence-corrected chi connectivity index (χ4v) is 3.46. The Labute approximate surface area is 111 Å². The molecule has 0 aromatic carbocycles. The molecule has 2 aliphatic rings. The molecule has 0 spiro atoms. The lowest BCUT2D eigenvalue weighted by Crippen LogP contribution is -2.45. The fourth-order valence-electron chi connectivity index (χ4n) is 3.46. The zero-order valence-electron chi connectivity index (χ0n) is 11.9. The minimum atomic E-state index is 0.248. The number of carbonyl (C=O) groups excluding carboxylic acids is 1. The Morgan fingerprint density at radius 3 is 2.44 bits per heavy atom. The van der Waals surface area contributed by atoms with Crippen molar-refractivity contribution in [3.8, 4) is 0 Å². The molecule has 2 N–H and O–H groups in total. The predicted octanol–water partition coefficient (Wildman–Crippen LogP) is 2.40. The Kier molecular flexibility index (Phi) is 4.66. The van der Waals surface area contributed by atoms with Crippen molar-refractivity contribution in [1.82, 2.24) is 4.90 Å². The van der Waals surface area contributed by atoms with Gasteiger partial charge in [0, 0.05) is 25.0 Å². The molecule has 0 radical (unpaired) electrons. The van der Waals surface area contributed by atoms with E-state index >= 15 is 0 Å². The number of nitrogens with two attached hydrogens (primary N) is 1. The minimum Gasteiger partial charge on any atom is -0.342 e. The van der Waals surface area contributed by atoms with E-state index < -0.39 is 0 Å². The quantitative estimate of drug-likeness (QED) is 0.820. The molecule has 0 aromatic rings. The van der Waals surface area contributed by atoms with E-state index in [4.69, 9.17) is 5.73 Å². The number of likely N-dealkylation sites (tertiary alicyclic amines) is 1. The van der Waals surface area contributed by atoms with Crippen molar-refractivity contribution in [3.05, 3.63) is 0 Å². The number of carbonyl (C=O) groups is 1. The van der Waals surface area contributed by atoms with Gasteiger partial charge in [-0.05, 0) is 43.9 Å². The maximum Gasteiger partial charge on any atom is 0.225 e. The van der Waals surface area contributed by atoms with Gasteiger partial charge in [0.2, 0.25) is 5.91 Å². The maximum absolute atomic E-state index is 12.5. The van der Waals surface area contributed by atoms with Crippen LogP contribution in [-0.4, -0.2) is 29.9 Å². The molecular weight excluding hydrogens is 224 g/mol. The molecule has 1 amide bonds. The first kappa shape index (κ1) is 13.9. The van der Waals surface area contributed by atoms with Crippen LogP contribution in [0, 0.1) is 17.8 Å². The molecule has 1 saturated heterocycles. The number of amides is 1. The SMILES string of the molecule is CCC1CCN(C(=O)C2CCC(N)C(C)C2)CC1. The van der Waals surface area contributed by atoms with Gasteiger partial charge in [0.1, 0.15) is 0 Å². The van der Waals surface area contributed by atoms with Crippen molar-refractivity contribution in [2.24, 2.45) is 23.5 Å². The van der Waals surface area contributed by atoms with E-state index in [1.54, 1.807) is 0 Å². The highest BCUT2D eigenvalue weighted by Gasteiger charge is 2.33. The van der Waals surface area contributed by atoms with Gasteiger partial charge in [0.05, 0.1) is 0 Å². The second-order valence-electron chi connectivity index (χ2n) is 6.33. The average molecular weight is 252 g/mol. The van der Waals surface area contributed by atoms with Crippen LogP contribution in [0.3, 0.4) is 0 Å². The summed E-state index contributed by atoms with van der Waals surface area (Å²) >= 11 is 0. The number of hydrogen-bond acceptors (Lipinski definition) is 2. The molecule has 3 unspecified atom stereocenters. The lowest BCUT2D eigenvalue weighted by molar-refractivity contribution is -0.138. The van der Waals surface area contributed by atoms with Gasteiger partial charge in [0.15, 0.2) is 0 Å². The molecule has 0 aromatic heterocycles. The topological polar surface area (TPSA) is 46.3 Å². The highest BCUT2D eigenvalue weighted by molar-refractivity contribution is 5.79. The molecule has 1 heterocycles. The molecule has 104 valence electrons. The Morgan fingerprint density at radius 1 is 1.22 bits per heavy atom. The van der Waals surface area contributed by atoms with Gasteiger partial charge in [-0.25, -0.2) is 0 Å². The smallest absolute Gasteiger partial charge is 0.225 e. The highest BCUT2D eigenvalue weighted by atomic mass is 16.2. The third kappa shape index (κ3) is 3.05.